The quantitative estimate of drug-likeness (QED) is 0.902. The fraction of sp³-hybridized carbons (Fsp3) is 0.267. The number of nitrogens with zero attached hydrogens (tertiary/aromatic N) is 1. The van der Waals surface area contributed by atoms with Gasteiger partial charge >= 0.3 is 0 Å². The summed E-state index contributed by atoms with van der Waals surface area (Å²) in [6.07, 6.45) is 1.49. The Labute approximate surface area is 116 Å². The van der Waals surface area contributed by atoms with E-state index in [1.807, 2.05) is 13.8 Å². The van der Waals surface area contributed by atoms with Crippen molar-refractivity contribution in [3.8, 4) is 11.5 Å². The van der Waals surface area contributed by atoms with E-state index in [2.05, 4.69) is 10.3 Å². The summed E-state index contributed by atoms with van der Waals surface area (Å²) in [6.45, 7) is 4.86. The van der Waals surface area contributed by atoms with E-state index in [0.29, 0.717) is 5.75 Å². The van der Waals surface area contributed by atoms with Gasteiger partial charge in [-0.25, -0.2) is 4.39 Å². The van der Waals surface area contributed by atoms with Gasteiger partial charge < -0.3 is 10.1 Å². The third-order valence-electron chi connectivity index (χ3n) is 2.86. The van der Waals surface area contributed by atoms with E-state index in [9.17, 15) is 8.78 Å². The molecule has 0 spiro atoms. The largest absolute Gasteiger partial charge is 0.453 e. The molecular formula is C15H16F2N2O. The standard InChI is InChI=1S/C15H16F2N2O/c1-3-18-10(2)13-8-7-11(9-19-13)20-14-6-4-5-12(16)15(14)17/h4-10,18H,3H2,1-2H3. The molecule has 1 heterocycles. The van der Waals surface area contributed by atoms with Crippen LogP contribution in [-0.2, 0) is 0 Å². The number of rotatable bonds is 5. The van der Waals surface area contributed by atoms with Crippen molar-refractivity contribution in [3.63, 3.8) is 0 Å². The lowest BCUT2D eigenvalue weighted by Gasteiger charge is -2.12. The average Bonchev–Trinajstić information content (AvgIpc) is 2.45. The summed E-state index contributed by atoms with van der Waals surface area (Å²) in [5.74, 6) is -1.73. The van der Waals surface area contributed by atoms with Crippen molar-refractivity contribution in [2.75, 3.05) is 6.54 Å². The van der Waals surface area contributed by atoms with E-state index in [0.717, 1.165) is 18.3 Å². The van der Waals surface area contributed by atoms with Crippen LogP contribution < -0.4 is 10.1 Å². The molecule has 0 saturated heterocycles. The molecular weight excluding hydrogens is 262 g/mol. The van der Waals surface area contributed by atoms with Crippen molar-refractivity contribution in [3.05, 3.63) is 53.9 Å². The smallest absolute Gasteiger partial charge is 0.201 e. The zero-order valence-corrected chi connectivity index (χ0v) is 11.4. The Morgan fingerprint density at radius 1 is 1.25 bits per heavy atom. The summed E-state index contributed by atoms with van der Waals surface area (Å²) in [7, 11) is 0. The van der Waals surface area contributed by atoms with Gasteiger partial charge in [0.25, 0.3) is 0 Å². The molecule has 3 nitrogen and oxygen atoms in total. The van der Waals surface area contributed by atoms with Crippen LogP contribution in [0.25, 0.3) is 0 Å². The van der Waals surface area contributed by atoms with Gasteiger partial charge in [0.2, 0.25) is 5.82 Å². The van der Waals surface area contributed by atoms with E-state index in [1.165, 1.54) is 18.3 Å². The SMILES string of the molecule is CCNC(C)c1ccc(Oc2cccc(F)c2F)cn1. The van der Waals surface area contributed by atoms with Crippen molar-refractivity contribution >= 4 is 0 Å². The lowest BCUT2D eigenvalue weighted by atomic mass is 10.2. The molecule has 0 aliphatic rings. The first-order valence-electron chi connectivity index (χ1n) is 6.43. The van der Waals surface area contributed by atoms with Crippen LogP contribution in [0, 0.1) is 11.6 Å². The minimum atomic E-state index is -1.00. The third-order valence-corrected chi connectivity index (χ3v) is 2.86. The van der Waals surface area contributed by atoms with Crippen LogP contribution in [-0.4, -0.2) is 11.5 Å². The monoisotopic (exact) mass is 278 g/mol. The van der Waals surface area contributed by atoms with Crippen LogP contribution in [0.1, 0.15) is 25.6 Å². The molecule has 106 valence electrons. The van der Waals surface area contributed by atoms with Gasteiger partial charge in [0.15, 0.2) is 11.6 Å². The lowest BCUT2D eigenvalue weighted by molar-refractivity contribution is 0.414. The number of hydrogen-bond acceptors (Lipinski definition) is 3. The van der Waals surface area contributed by atoms with Crippen LogP contribution in [0.3, 0.4) is 0 Å². The summed E-state index contributed by atoms with van der Waals surface area (Å²) < 4.78 is 31.8. The number of benzene rings is 1. The highest BCUT2D eigenvalue weighted by Gasteiger charge is 2.10. The van der Waals surface area contributed by atoms with Crippen molar-refractivity contribution in [1.82, 2.24) is 10.3 Å². The van der Waals surface area contributed by atoms with E-state index in [-0.39, 0.29) is 11.8 Å². The molecule has 0 aliphatic carbocycles. The minimum Gasteiger partial charge on any atom is -0.453 e. The molecule has 5 heteroatoms. The topological polar surface area (TPSA) is 34.1 Å². The average molecular weight is 278 g/mol. The van der Waals surface area contributed by atoms with Crippen LogP contribution >= 0.6 is 0 Å². The normalized spacial score (nSPS) is 12.2. The molecule has 1 aromatic carbocycles. The molecule has 0 radical (unpaired) electrons. The van der Waals surface area contributed by atoms with Crippen molar-refractivity contribution < 1.29 is 13.5 Å². The number of hydrogen-bond donors (Lipinski definition) is 1. The maximum atomic E-state index is 13.5. The summed E-state index contributed by atoms with van der Waals surface area (Å²) in [5.41, 5.74) is 0.860. The second kappa shape index (κ2) is 6.43. The molecule has 2 rings (SSSR count). The Balaban J connectivity index is 2.13. The van der Waals surface area contributed by atoms with E-state index in [1.54, 1.807) is 12.1 Å². The van der Waals surface area contributed by atoms with E-state index < -0.39 is 11.6 Å². The van der Waals surface area contributed by atoms with Crippen molar-refractivity contribution in [2.24, 2.45) is 0 Å². The molecule has 1 unspecified atom stereocenters. The van der Waals surface area contributed by atoms with Gasteiger partial charge in [-0.05, 0) is 37.7 Å². The molecule has 0 saturated carbocycles. The van der Waals surface area contributed by atoms with Crippen LogP contribution in [0.2, 0.25) is 0 Å². The molecule has 0 fully saturated rings. The predicted molar refractivity (Wildman–Crippen MR) is 72.8 cm³/mol. The third kappa shape index (κ3) is 3.30. The molecule has 1 aromatic heterocycles. The zero-order valence-electron chi connectivity index (χ0n) is 11.4. The summed E-state index contributed by atoms with van der Waals surface area (Å²) in [4.78, 5) is 4.24. The fourth-order valence-electron chi connectivity index (χ4n) is 1.81. The number of pyridine rings is 1. The Morgan fingerprint density at radius 2 is 2.05 bits per heavy atom. The van der Waals surface area contributed by atoms with Crippen molar-refractivity contribution in [2.45, 2.75) is 19.9 Å². The van der Waals surface area contributed by atoms with Gasteiger partial charge in [0.05, 0.1) is 11.9 Å². The first-order valence-corrected chi connectivity index (χ1v) is 6.43. The summed E-state index contributed by atoms with van der Waals surface area (Å²) in [6, 6.07) is 7.40. The van der Waals surface area contributed by atoms with Crippen LogP contribution in [0.4, 0.5) is 8.78 Å². The number of halogens is 2. The highest BCUT2D eigenvalue weighted by Crippen LogP contribution is 2.25. The molecule has 1 atom stereocenters. The second-order valence-corrected chi connectivity index (χ2v) is 4.35. The Bertz CT molecular complexity index is 573. The van der Waals surface area contributed by atoms with E-state index in [4.69, 9.17) is 4.74 Å². The molecule has 2 aromatic rings. The van der Waals surface area contributed by atoms with E-state index >= 15 is 0 Å². The minimum absolute atomic E-state index is 0.125. The zero-order chi connectivity index (χ0) is 14.5. The fourth-order valence-corrected chi connectivity index (χ4v) is 1.81. The number of ether oxygens (including phenoxy) is 1. The molecule has 0 bridgehead atoms. The van der Waals surface area contributed by atoms with Gasteiger partial charge in [-0.15, -0.1) is 0 Å². The predicted octanol–water partition coefficient (Wildman–Crippen LogP) is 3.82. The number of nitrogens with one attached hydrogen (secondary N) is 1. The second-order valence-electron chi connectivity index (χ2n) is 4.35. The van der Waals surface area contributed by atoms with Crippen molar-refractivity contribution in [1.29, 1.82) is 0 Å². The highest BCUT2D eigenvalue weighted by molar-refractivity contribution is 5.31. The molecule has 20 heavy (non-hydrogen) atoms. The van der Waals surface area contributed by atoms with Gasteiger partial charge in [0.1, 0.15) is 5.75 Å². The van der Waals surface area contributed by atoms with Gasteiger partial charge in [0, 0.05) is 6.04 Å². The highest BCUT2D eigenvalue weighted by atomic mass is 19.2. The summed E-state index contributed by atoms with van der Waals surface area (Å²) in [5, 5.41) is 3.23. The van der Waals surface area contributed by atoms with Gasteiger partial charge in [-0.2, -0.15) is 4.39 Å². The van der Waals surface area contributed by atoms with Gasteiger partial charge in [-0.3, -0.25) is 4.98 Å². The first-order chi connectivity index (χ1) is 9.61. The van der Waals surface area contributed by atoms with Crippen LogP contribution in [0.15, 0.2) is 36.5 Å². The molecule has 0 amide bonds. The maximum absolute atomic E-state index is 13.5. The van der Waals surface area contributed by atoms with Gasteiger partial charge in [-0.1, -0.05) is 13.0 Å². The molecule has 1 N–H and O–H groups in total. The first kappa shape index (κ1) is 14.4. The summed E-state index contributed by atoms with van der Waals surface area (Å²) >= 11 is 0. The lowest BCUT2D eigenvalue weighted by Crippen LogP contribution is -2.18. The maximum Gasteiger partial charge on any atom is 0.201 e. The molecule has 0 aliphatic heterocycles. The number of aromatic nitrogens is 1. The Kier molecular flexibility index (Phi) is 4.63. The Hall–Kier alpha value is -2.01. The Morgan fingerprint density at radius 3 is 2.70 bits per heavy atom. The van der Waals surface area contributed by atoms with Crippen LogP contribution in [0.5, 0.6) is 11.5 Å².